The van der Waals surface area contributed by atoms with Gasteiger partial charge in [0, 0.05) is 11.0 Å². The van der Waals surface area contributed by atoms with Gasteiger partial charge in [-0.05, 0) is 46.1 Å². The van der Waals surface area contributed by atoms with Gasteiger partial charge in [-0.1, -0.05) is 0 Å². The Balaban J connectivity index is 3.05. The summed E-state index contributed by atoms with van der Waals surface area (Å²) < 4.78 is 5.56. The van der Waals surface area contributed by atoms with E-state index in [-0.39, 0.29) is 12.4 Å². The lowest BCUT2D eigenvalue weighted by Crippen LogP contribution is -2.11. The van der Waals surface area contributed by atoms with Crippen LogP contribution < -0.4 is 5.73 Å². The number of nitrogens with zero attached hydrogens (tertiary/aromatic N) is 1. The lowest BCUT2D eigenvalue weighted by atomic mass is 10.0. The Bertz CT molecular complexity index is 466. The highest BCUT2D eigenvalue weighted by Gasteiger charge is 2.11. The fourth-order valence-electron chi connectivity index (χ4n) is 1.47. The van der Waals surface area contributed by atoms with Crippen LogP contribution in [-0.2, 0) is 22.5 Å². The molecular formula is C12H13BrN2O2. The molecule has 1 aromatic carbocycles. The molecule has 0 bridgehead atoms. The zero-order chi connectivity index (χ0) is 12.8. The Morgan fingerprint density at radius 2 is 2.24 bits per heavy atom. The van der Waals surface area contributed by atoms with Crippen molar-refractivity contribution in [2.24, 2.45) is 5.73 Å². The molecule has 5 heteroatoms. The quantitative estimate of drug-likeness (QED) is 0.861. The second kappa shape index (κ2) is 6.38. The van der Waals surface area contributed by atoms with Crippen molar-refractivity contribution in [3.8, 4) is 6.07 Å². The smallest absolute Gasteiger partial charge is 0.310 e. The second-order valence-corrected chi connectivity index (χ2v) is 4.25. The van der Waals surface area contributed by atoms with Gasteiger partial charge in [-0.2, -0.15) is 5.26 Å². The van der Waals surface area contributed by atoms with Crippen LogP contribution in [0.25, 0.3) is 0 Å². The number of esters is 1. The van der Waals surface area contributed by atoms with Crippen LogP contribution in [0.1, 0.15) is 23.6 Å². The highest BCUT2D eigenvalue weighted by atomic mass is 79.9. The molecule has 0 heterocycles. The van der Waals surface area contributed by atoms with Crippen molar-refractivity contribution in [3.05, 3.63) is 33.3 Å². The molecule has 0 unspecified atom stereocenters. The summed E-state index contributed by atoms with van der Waals surface area (Å²) in [5.41, 5.74) is 7.67. The van der Waals surface area contributed by atoms with E-state index < -0.39 is 0 Å². The first-order valence-corrected chi connectivity index (χ1v) is 5.98. The van der Waals surface area contributed by atoms with Gasteiger partial charge in [0.25, 0.3) is 0 Å². The van der Waals surface area contributed by atoms with E-state index in [1.165, 1.54) is 0 Å². The Kier molecular flexibility index (Phi) is 5.13. The SMILES string of the molecule is CCOC(=O)Cc1cc(C#N)c(Br)cc1CN. The molecule has 0 atom stereocenters. The van der Waals surface area contributed by atoms with Gasteiger partial charge in [0.1, 0.15) is 6.07 Å². The summed E-state index contributed by atoms with van der Waals surface area (Å²) in [7, 11) is 0. The average molecular weight is 297 g/mol. The summed E-state index contributed by atoms with van der Waals surface area (Å²) in [5.74, 6) is -0.312. The molecule has 2 N–H and O–H groups in total. The maximum Gasteiger partial charge on any atom is 0.310 e. The zero-order valence-electron chi connectivity index (χ0n) is 9.50. The summed E-state index contributed by atoms with van der Waals surface area (Å²) >= 11 is 3.28. The van der Waals surface area contributed by atoms with Crippen LogP contribution in [0.3, 0.4) is 0 Å². The Morgan fingerprint density at radius 1 is 1.53 bits per heavy atom. The van der Waals surface area contributed by atoms with Crippen molar-refractivity contribution < 1.29 is 9.53 Å². The van der Waals surface area contributed by atoms with Crippen molar-refractivity contribution in [1.29, 1.82) is 5.26 Å². The number of benzene rings is 1. The van der Waals surface area contributed by atoms with Crippen molar-refractivity contribution in [3.63, 3.8) is 0 Å². The van der Waals surface area contributed by atoms with Crippen LogP contribution in [0.4, 0.5) is 0 Å². The standard InChI is InChI=1S/C12H13BrN2O2/c1-2-17-12(16)5-8-3-10(7-15)11(13)4-9(8)6-14/h3-4H,2,5-6,14H2,1H3. The monoisotopic (exact) mass is 296 g/mol. The molecule has 0 spiro atoms. The summed E-state index contributed by atoms with van der Waals surface area (Å²) in [6.45, 7) is 2.42. The fraction of sp³-hybridized carbons (Fsp3) is 0.333. The number of hydrogen-bond acceptors (Lipinski definition) is 4. The first-order chi connectivity index (χ1) is 8.12. The van der Waals surface area contributed by atoms with E-state index in [9.17, 15) is 4.79 Å². The highest BCUT2D eigenvalue weighted by molar-refractivity contribution is 9.10. The number of carbonyl (C=O) groups excluding carboxylic acids is 1. The van der Waals surface area contributed by atoms with Gasteiger partial charge in [0.2, 0.25) is 0 Å². The van der Waals surface area contributed by atoms with Gasteiger partial charge < -0.3 is 10.5 Å². The van der Waals surface area contributed by atoms with Crippen LogP contribution >= 0.6 is 15.9 Å². The van der Waals surface area contributed by atoms with Crippen LogP contribution in [-0.4, -0.2) is 12.6 Å². The largest absolute Gasteiger partial charge is 0.466 e. The molecule has 90 valence electrons. The minimum atomic E-state index is -0.312. The third-order valence-corrected chi connectivity index (χ3v) is 2.93. The molecule has 1 rings (SSSR count). The van der Waals surface area contributed by atoms with E-state index in [2.05, 4.69) is 22.0 Å². The van der Waals surface area contributed by atoms with E-state index in [4.69, 9.17) is 15.7 Å². The van der Waals surface area contributed by atoms with E-state index in [0.29, 0.717) is 23.2 Å². The van der Waals surface area contributed by atoms with E-state index >= 15 is 0 Å². The number of halogens is 1. The van der Waals surface area contributed by atoms with Gasteiger partial charge in [0.15, 0.2) is 0 Å². The normalized spacial score (nSPS) is 9.76. The van der Waals surface area contributed by atoms with Crippen LogP contribution in [0.2, 0.25) is 0 Å². The molecule has 0 saturated carbocycles. The van der Waals surface area contributed by atoms with E-state index in [1.54, 1.807) is 19.1 Å². The number of ether oxygens (including phenoxy) is 1. The van der Waals surface area contributed by atoms with Gasteiger partial charge in [-0.3, -0.25) is 4.79 Å². The van der Waals surface area contributed by atoms with Crippen molar-refractivity contribution in [1.82, 2.24) is 0 Å². The average Bonchev–Trinajstić information content (AvgIpc) is 2.31. The van der Waals surface area contributed by atoms with Gasteiger partial charge in [-0.25, -0.2) is 0 Å². The minimum Gasteiger partial charge on any atom is -0.466 e. The Morgan fingerprint density at radius 3 is 2.76 bits per heavy atom. The number of nitrogens with two attached hydrogens (primary N) is 1. The molecule has 0 aromatic heterocycles. The second-order valence-electron chi connectivity index (χ2n) is 3.40. The molecule has 0 aliphatic heterocycles. The molecular weight excluding hydrogens is 284 g/mol. The van der Waals surface area contributed by atoms with Crippen LogP contribution in [0.15, 0.2) is 16.6 Å². The Labute approximate surface area is 108 Å². The van der Waals surface area contributed by atoms with Crippen LogP contribution in [0.5, 0.6) is 0 Å². The lowest BCUT2D eigenvalue weighted by Gasteiger charge is -2.09. The molecule has 0 fully saturated rings. The number of nitriles is 1. The van der Waals surface area contributed by atoms with Crippen LogP contribution in [0, 0.1) is 11.3 Å². The fourth-order valence-corrected chi connectivity index (χ4v) is 1.95. The van der Waals surface area contributed by atoms with E-state index in [1.807, 2.05) is 0 Å². The summed E-state index contributed by atoms with van der Waals surface area (Å²) in [5, 5.41) is 8.92. The molecule has 0 amide bonds. The molecule has 1 aromatic rings. The van der Waals surface area contributed by atoms with Crippen molar-refractivity contribution in [2.45, 2.75) is 19.9 Å². The number of hydrogen-bond donors (Lipinski definition) is 1. The predicted octanol–water partition coefficient (Wildman–Crippen LogP) is 1.89. The number of rotatable bonds is 4. The Hall–Kier alpha value is -1.38. The third kappa shape index (κ3) is 3.55. The maximum absolute atomic E-state index is 11.4. The maximum atomic E-state index is 11.4. The van der Waals surface area contributed by atoms with Gasteiger partial charge >= 0.3 is 5.97 Å². The summed E-state index contributed by atoms with van der Waals surface area (Å²) in [6, 6.07) is 5.49. The third-order valence-electron chi connectivity index (χ3n) is 2.27. The minimum absolute atomic E-state index is 0.141. The molecule has 4 nitrogen and oxygen atoms in total. The lowest BCUT2D eigenvalue weighted by molar-refractivity contribution is -0.142. The number of carbonyl (C=O) groups is 1. The predicted molar refractivity (Wildman–Crippen MR) is 67.1 cm³/mol. The van der Waals surface area contributed by atoms with E-state index in [0.717, 1.165) is 11.1 Å². The van der Waals surface area contributed by atoms with Crippen molar-refractivity contribution >= 4 is 21.9 Å². The first kappa shape index (κ1) is 13.7. The zero-order valence-corrected chi connectivity index (χ0v) is 11.1. The van der Waals surface area contributed by atoms with Crippen molar-refractivity contribution in [2.75, 3.05) is 6.61 Å². The topological polar surface area (TPSA) is 76.1 Å². The molecule has 17 heavy (non-hydrogen) atoms. The molecule has 0 aliphatic rings. The first-order valence-electron chi connectivity index (χ1n) is 5.19. The highest BCUT2D eigenvalue weighted by Crippen LogP contribution is 2.22. The summed E-state index contributed by atoms with van der Waals surface area (Å²) in [4.78, 5) is 11.4. The molecule has 0 aliphatic carbocycles. The molecule has 0 saturated heterocycles. The van der Waals surface area contributed by atoms with Gasteiger partial charge in [0.05, 0.1) is 18.6 Å². The van der Waals surface area contributed by atoms with Gasteiger partial charge in [-0.15, -0.1) is 0 Å². The molecule has 0 radical (unpaired) electrons. The summed E-state index contributed by atoms with van der Waals surface area (Å²) in [6.07, 6.45) is 0.141.